The second kappa shape index (κ2) is 4.56. The van der Waals surface area contributed by atoms with Gasteiger partial charge in [0.15, 0.2) is 5.79 Å². The number of hydrogen-bond donors (Lipinski definition) is 1. The van der Waals surface area contributed by atoms with Crippen LogP contribution in [0.15, 0.2) is 60.7 Å². The van der Waals surface area contributed by atoms with E-state index >= 15 is 0 Å². The summed E-state index contributed by atoms with van der Waals surface area (Å²) in [5.74, 6) is -1.14. The highest BCUT2D eigenvalue weighted by atomic mass is 16.6. The third kappa shape index (κ3) is 2.05. The van der Waals surface area contributed by atoms with E-state index in [9.17, 15) is 5.11 Å². The Balaban J connectivity index is 1.83. The Morgan fingerprint density at radius 3 is 2.22 bits per heavy atom. The number of aliphatic hydroxyl groups is 1. The van der Waals surface area contributed by atoms with E-state index in [1.165, 1.54) is 0 Å². The summed E-state index contributed by atoms with van der Waals surface area (Å²) in [6, 6.07) is 19.7. The number of benzene rings is 2. The van der Waals surface area contributed by atoms with Crippen molar-refractivity contribution in [3.63, 3.8) is 0 Å². The van der Waals surface area contributed by atoms with Gasteiger partial charge in [-0.25, -0.2) is 0 Å². The van der Waals surface area contributed by atoms with Gasteiger partial charge in [0.2, 0.25) is 0 Å². The summed E-state index contributed by atoms with van der Waals surface area (Å²) in [6.07, 6.45) is 1.46. The molecule has 1 saturated heterocycles. The Hall–Kier alpha value is -1.64. The molecule has 18 heavy (non-hydrogen) atoms. The van der Waals surface area contributed by atoms with Crippen LogP contribution in [0.4, 0.5) is 0 Å². The van der Waals surface area contributed by atoms with Crippen molar-refractivity contribution >= 4 is 0 Å². The van der Waals surface area contributed by atoms with Crippen LogP contribution < -0.4 is 0 Å². The van der Waals surface area contributed by atoms with Gasteiger partial charge < -0.3 is 9.84 Å². The average molecular weight is 240 g/mol. The van der Waals surface area contributed by atoms with E-state index in [2.05, 4.69) is 0 Å². The van der Waals surface area contributed by atoms with Crippen LogP contribution in [0, 0.1) is 0 Å². The van der Waals surface area contributed by atoms with E-state index in [0.717, 1.165) is 17.5 Å². The maximum Gasteiger partial charge on any atom is 0.193 e. The van der Waals surface area contributed by atoms with Crippen LogP contribution in [0.25, 0.3) is 0 Å². The predicted molar refractivity (Wildman–Crippen MR) is 69.8 cm³/mol. The molecule has 92 valence electrons. The Labute approximate surface area is 107 Å². The fraction of sp³-hybridized carbons (Fsp3) is 0.250. The first-order valence-corrected chi connectivity index (χ1v) is 6.29. The van der Waals surface area contributed by atoms with E-state index in [1.54, 1.807) is 0 Å². The second-order valence-electron chi connectivity index (χ2n) is 4.71. The third-order valence-electron chi connectivity index (χ3n) is 3.48. The average Bonchev–Trinajstić information content (AvgIpc) is 2.85. The van der Waals surface area contributed by atoms with Crippen LogP contribution in [0.3, 0.4) is 0 Å². The van der Waals surface area contributed by atoms with Gasteiger partial charge in [-0.15, -0.1) is 0 Å². The smallest absolute Gasteiger partial charge is 0.193 e. The topological polar surface area (TPSA) is 29.5 Å². The van der Waals surface area contributed by atoms with Crippen LogP contribution in [0.2, 0.25) is 0 Å². The molecule has 0 aliphatic carbocycles. The van der Waals surface area contributed by atoms with Gasteiger partial charge in [-0.05, 0) is 12.0 Å². The van der Waals surface area contributed by atoms with Crippen molar-refractivity contribution in [1.82, 2.24) is 0 Å². The fourth-order valence-corrected chi connectivity index (χ4v) is 2.49. The zero-order chi connectivity index (χ0) is 12.4. The van der Waals surface area contributed by atoms with E-state index in [-0.39, 0.29) is 6.10 Å². The maximum atomic E-state index is 10.6. The molecule has 2 heteroatoms. The molecule has 1 heterocycles. The van der Waals surface area contributed by atoms with Gasteiger partial charge in [0, 0.05) is 12.0 Å². The molecule has 0 amide bonds. The normalized spacial score (nSPS) is 27.3. The highest BCUT2D eigenvalue weighted by molar-refractivity contribution is 5.24. The van der Waals surface area contributed by atoms with Crippen molar-refractivity contribution in [3.05, 3.63) is 71.8 Å². The fourth-order valence-electron chi connectivity index (χ4n) is 2.49. The van der Waals surface area contributed by atoms with Crippen molar-refractivity contribution in [2.24, 2.45) is 0 Å². The molecule has 0 saturated carbocycles. The lowest BCUT2D eigenvalue weighted by Gasteiger charge is -2.23. The van der Waals surface area contributed by atoms with Gasteiger partial charge in [-0.2, -0.15) is 0 Å². The highest BCUT2D eigenvalue weighted by Gasteiger charge is 2.40. The lowest BCUT2D eigenvalue weighted by Crippen LogP contribution is -2.24. The zero-order valence-electron chi connectivity index (χ0n) is 10.1. The van der Waals surface area contributed by atoms with Gasteiger partial charge in [0.1, 0.15) is 0 Å². The van der Waals surface area contributed by atoms with Crippen LogP contribution in [-0.4, -0.2) is 5.11 Å². The van der Waals surface area contributed by atoms with Gasteiger partial charge >= 0.3 is 0 Å². The molecular weight excluding hydrogens is 224 g/mol. The molecule has 2 aromatic rings. The molecule has 2 nitrogen and oxygen atoms in total. The van der Waals surface area contributed by atoms with Crippen molar-refractivity contribution < 1.29 is 9.84 Å². The van der Waals surface area contributed by atoms with Gasteiger partial charge in [0.25, 0.3) is 0 Å². The minimum Gasteiger partial charge on any atom is -0.362 e. The molecule has 0 aromatic heterocycles. The molecule has 2 atom stereocenters. The number of hydrogen-bond acceptors (Lipinski definition) is 2. The number of ether oxygens (including phenoxy) is 1. The van der Waals surface area contributed by atoms with E-state index in [1.807, 2.05) is 60.7 Å². The van der Waals surface area contributed by atoms with Crippen LogP contribution in [0.5, 0.6) is 0 Å². The Bertz CT molecular complexity index is 509. The first-order valence-electron chi connectivity index (χ1n) is 6.29. The zero-order valence-corrected chi connectivity index (χ0v) is 10.1. The summed E-state index contributed by atoms with van der Waals surface area (Å²) in [6.45, 7) is 0. The van der Waals surface area contributed by atoms with Crippen molar-refractivity contribution in [1.29, 1.82) is 0 Å². The number of rotatable bonds is 2. The minimum atomic E-state index is -1.14. The Morgan fingerprint density at radius 2 is 1.56 bits per heavy atom. The summed E-state index contributed by atoms with van der Waals surface area (Å²) in [5.41, 5.74) is 1.97. The minimum absolute atomic E-state index is 0.0172. The molecule has 0 radical (unpaired) electrons. The first-order chi connectivity index (χ1) is 8.78. The lowest BCUT2D eigenvalue weighted by atomic mass is 10.0. The van der Waals surface area contributed by atoms with Crippen molar-refractivity contribution in [3.8, 4) is 0 Å². The van der Waals surface area contributed by atoms with Crippen LogP contribution >= 0.6 is 0 Å². The molecule has 1 fully saturated rings. The quantitative estimate of drug-likeness (QED) is 0.872. The Kier molecular flexibility index (Phi) is 2.90. The molecule has 1 aliphatic rings. The highest BCUT2D eigenvalue weighted by Crippen LogP contribution is 2.43. The van der Waals surface area contributed by atoms with E-state index < -0.39 is 5.79 Å². The SMILES string of the molecule is OC1(c2ccccc2)CCC(c2ccccc2)O1. The van der Waals surface area contributed by atoms with Crippen LogP contribution in [0.1, 0.15) is 30.1 Å². The molecule has 2 aromatic carbocycles. The predicted octanol–water partition coefficient (Wildman–Crippen LogP) is 3.38. The summed E-state index contributed by atoms with van der Waals surface area (Å²) in [4.78, 5) is 0. The lowest BCUT2D eigenvalue weighted by molar-refractivity contribution is -0.202. The largest absolute Gasteiger partial charge is 0.362 e. The van der Waals surface area contributed by atoms with Gasteiger partial charge in [0.05, 0.1) is 6.10 Å². The first kappa shape index (κ1) is 11.5. The van der Waals surface area contributed by atoms with E-state index in [0.29, 0.717) is 6.42 Å². The molecule has 0 spiro atoms. The molecule has 2 unspecified atom stereocenters. The summed E-state index contributed by atoms with van der Waals surface area (Å²) >= 11 is 0. The molecular formula is C16H16O2. The summed E-state index contributed by atoms with van der Waals surface area (Å²) < 4.78 is 5.88. The molecule has 1 aliphatic heterocycles. The monoisotopic (exact) mass is 240 g/mol. The van der Waals surface area contributed by atoms with Crippen LogP contribution in [-0.2, 0) is 10.5 Å². The third-order valence-corrected chi connectivity index (χ3v) is 3.48. The van der Waals surface area contributed by atoms with Gasteiger partial charge in [-0.3, -0.25) is 0 Å². The summed E-state index contributed by atoms with van der Waals surface area (Å²) in [7, 11) is 0. The standard InChI is InChI=1S/C16H16O2/c17-16(14-9-5-2-6-10-14)12-11-15(18-16)13-7-3-1-4-8-13/h1-10,15,17H,11-12H2. The second-order valence-corrected chi connectivity index (χ2v) is 4.71. The molecule has 0 bridgehead atoms. The molecule has 3 rings (SSSR count). The summed E-state index contributed by atoms with van der Waals surface area (Å²) in [5, 5.41) is 10.6. The van der Waals surface area contributed by atoms with Crippen molar-refractivity contribution in [2.75, 3.05) is 0 Å². The van der Waals surface area contributed by atoms with Crippen molar-refractivity contribution in [2.45, 2.75) is 24.7 Å². The molecule has 1 N–H and O–H groups in total. The Morgan fingerprint density at radius 1 is 0.944 bits per heavy atom. The van der Waals surface area contributed by atoms with Gasteiger partial charge in [-0.1, -0.05) is 60.7 Å². The van der Waals surface area contributed by atoms with E-state index in [4.69, 9.17) is 4.74 Å². The maximum absolute atomic E-state index is 10.6.